The summed E-state index contributed by atoms with van der Waals surface area (Å²) in [4.78, 5) is 1.11. The quantitative estimate of drug-likeness (QED) is 0.533. The number of nitrogens with two attached hydrogens (primary N) is 1. The maximum atomic E-state index is 5.25. The Hall–Kier alpha value is -1.06. The van der Waals surface area contributed by atoms with E-state index in [0.29, 0.717) is 0 Å². The second-order valence-electron chi connectivity index (χ2n) is 1.91. The fraction of sp³-hybridized carbons (Fsp3) is 0.600. The van der Waals surface area contributed by atoms with Crippen molar-refractivity contribution in [2.45, 2.75) is 20.3 Å². The van der Waals surface area contributed by atoms with Gasteiger partial charge in [0.05, 0.1) is 11.4 Å². The van der Waals surface area contributed by atoms with Gasteiger partial charge in [0.2, 0.25) is 0 Å². The third-order valence-electron chi connectivity index (χ3n) is 1.23. The molecule has 0 bridgehead atoms. The number of nitrogen functional groups attached to an aromatic ring is 1. The van der Waals surface area contributed by atoms with Gasteiger partial charge in [0.15, 0.2) is 0 Å². The highest BCUT2D eigenvalue weighted by Gasteiger charge is 2.00. The maximum absolute atomic E-state index is 5.25. The zero-order valence-corrected chi connectivity index (χ0v) is 5.63. The molecule has 2 N–H and O–H groups in total. The van der Waals surface area contributed by atoms with Gasteiger partial charge in [0.1, 0.15) is 0 Å². The Morgan fingerprint density at radius 2 is 2.22 bits per heavy atom. The van der Waals surface area contributed by atoms with Crippen LogP contribution in [0.2, 0.25) is 0 Å². The fourth-order valence-corrected chi connectivity index (χ4v) is 0.756. The molecular formula is C5H10N4. The van der Waals surface area contributed by atoms with E-state index in [-0.39, 0.29) is 0 Å². The van der Waals surface area contributed by atoms with Gasteiger partial charge in [-0.25, -0.2) is 0 Å². The van der Waals surface area contributed by atoms with Gasteiger partial charge >= 0.3 is 0 Å². The molecule has 0 saturated carbocycles. The minimum atomic E-state index is 0.892. The normalized spacial score (nSPS) is 10.0. The Balaban J connectivity index is 3.01. The molecule has 0 atom stereocenters. The number of hydrogen-bond acceptors (Lipinski definition) is 3. The highest BCUT2D eigenvalue weighted by Crippen LogP contribution is 1.98. The summed E-state index contributed by atoms with van der Waals surface area (Å²) in [5, 5.41) is 7.78. The van der Waals surface area contributed by atoms with E-state index in [2.05, 4.69) is 10.2 Å². The molecule has 0 aliphatic heterocycles. The summed E-state index contributed by atoms with van der Waals surface area (Å²) in [6.07, 6.45) is 0.892. The second kappa shape index (κ2) is 2.05. The van der Waals surface area contributed by atoms with Crippen molar-refractivity contribution in [2.75, 3.05) is 5.84 Å². The van der Waals surface area contributed by atoms with E-state index in [0.717, 1.165) is 22.7 Å². The Bertz CT molecular complexity index is 203. The SMILES string of the molecule is CCc1nn(N)nc1C. The molecule has 1 heterocycles. The van der Waals surface area contributed by atoms with Crippen molar-refractivity contribution in [3.63, 3.8) is 0 Å². The molecule has 1 aromatic rings. The van der Waals surface area contributed by atoms with Crippen LogP contribution in [-0.4, -0.2) is 15.1 Å². The van der Waals surface area contributed by atoms with Crippen LogP contribution in [0.25, 0.3) is 0 Å². The van der Waals surface area contributed by atoms with E-state index in [1.165, 1.54) is 0 Å². The van der Waals surface area contributed by atoms with Crippen LogP contribution < -0.4 is 5.84 Å². The molecule has 50 valence electrons. The van der Waals surface area contributed by atoms with Gasteiger partial charge in [0, 0.05) is 0 Å². The molecule has 0 saturated heterocycles. The molecule has 4 nitrogen and oxygen atoms in total. The van der Waals surface area contributed by atoms with E-state index < -0.39 is 0 Å². The first kappa shape index (κ1) is 6.07. The van der Waals surface area contributed by atoms with Crippen LogP contribution in [0.4, 0.5) is 0 Å². The molecule has 0 amide bonds. The van der Waals surface area contributed by atoms with Gasteiger partial charge in [-0.1, -0.05) is 11.8 Å². The average molecular weight is 126 g/mol. The van der Waals surface area contributed by atoms with Gasteiger partial charge in [-0.05, 0) is 13.3 Å². The molecule has 0 aromatic carbocycles. The fourth-order valence-electron chi connectivity index (χ4n) is 0.756. The summed E-state index contributed by atoms with van der Waals surface area (Å²) >= 11 is 0. The molecule has 0 aliphatic carbocycles. The molecule has 0 aliphatic rings. The van der Waals surface area contributed by atoms with Crippen molar-refractivity contribution < 1.29 is 0 Å². The van der Waals surface area contributed by atoms with Crippen LogP contribution in [0.15, 0.2) is 0 Å². The van der Waals surface area contributed by atoms with Crippen molar-refractivity contribution in [3.05, 3.63) is 11.4 Å². The third kappa shape index (κ3) is 1.01. The molecule has 0 spiro atoms. The number of hydrogen-bond donors (Lipinski definition) is 1. The minimum absolute atomic E-state index is 0.892. The van der Waals surface area contributed by atoms with E-state index >= 15 is 0 Å². The summed E-state index contributed by atoms with van der Waals surface area (Å²) in [5.74, 6) is 5.25. The van der Waals surface area contributed by atoms with Crippen LogP contribution in [0.1, 0.15) is 18.3 Å². The molecular weight excluding hydrogens is 116 g/mol. The van der Waals surface area contributed by atoms with E-state index in [1.54, 1.807) is 0 Å². The first-order valence-corrected chi connectivity index (χ1v) is 2.92. The smallest absolute Gasteiger partial charge is 0.0875 e. The summed E-state index contributed by atoms with van der Waals surface area (Å²) < 4.78 is 0. The highest BCUT2D eigenvalue weighted by atomic mass is 15.6. The van der Waals surface area contributed by atoms with Gasteiger partial charge in [-0.3, -0.25) is 0 Å². The van der Waals surface area contributed by atoms with Crippen LogP contribution in [-0.2, 0) is 6.42 Å². The monoisotopic (exact) mass is 126 g/mol. The summed E-state index contributed by atoms with van der Waals surface area (Å²) in [6, 6.07) is 0. The van der Waals surface area contributed by atoms with Crippen molar-refractivity contribution in [2.24, 2.45) is 0 Å². The molecule has 1 rings (SSSR count). The lowest BCUT2D eigenvalue weighted by atomic mass is 10.3. The zero-order valence-electron chi connectivity index (χ0n) is 5.63. The minimum Gasteiger partial charge on any atom is -0.306 e. The lowest BCUT2D eigenvalue weighted by Gasteiger charge is -1.83. The van der Waals surface area contributed by atoms with Gasteiger partial charge in [0.25, 0.3) is 0 Å². The number of aromatic nitrogens is 3. The summed E-state index contributed by atoms with van der Waals surface area (Å²) in [6.45, 7) is 3.92. The Kier molecular flexibility index (Phi) is 1.38. The Morgan fingerprint density at radius 3 is 2.44 bits per heavy atom. The van der Waals surface area contributed by atoms with Crippen LogP contribution >= 0.6 is 0 Å². The number of aryl methyl sites for hydroxylation is 2. The maximum Gasteiger partial charge on any atom is 0.0875 e. The van der Waals surface area contributed by atoms with Gasteiger partial charge < -0.3 is 5.84 Å². The Morgan fingerprint density at radius 1 is 1.56 bits per heavy atom. The molecule has 4 heteroatoms. The lowest BCUT2D eigenvalue weighted by molar-refractivity contribution is 0.694. The average Bonchev–Trinajstić information content (AvgIpc) is 2.10. The second-order valence-corrected chi connectivity index (χ2v) is 1.91. The molecule has 1 aromatic heterocycles. The van der Waals surface area contributed by atoms with Crippen molar-refractivity contribution >= 4 is 0 Å². The number of rotatable bonds is 1. The van der Waals surface area contributed by atoms with E-state index in [1.807, 2.05) is 13.8 Å². The molecule has 0 unspecified atom stereocenters. The third-order valence-corrected chi connectivity index (χ3v) is 1.23. The van der Waals surface area contributed by atoms with Crippen LogP contribution in [0.3, 0.4) is 0 Å². The Labute approximate surface area is 53.6 Å². The number of nitrogens with zero attached hydrogens (tertiary/aromatic N) is 3. The molecule has 0 radical (unpaired) electrons. The zero-order chi connectivity index (χ0) is 6.85. The van der Waals surface area contributed by atoms with Gasteiger partial charge in [-0.2, -0.15) is 0 Å². The molecule has 0 fully saturated rings. The molecule has 9 heavy (non-hydrogen) atoms. The first-order valence-electron chi connectivity index (χ1n) is 2.92. The van der Waals surface area contributed by atoms with E-state index in [4.69, 9.17) is 5.84 Å². The van der Waals surface area contributed by atoms with Crippen molar-refractivity contribution in [1.29, 1.82) is 0 Å². The van der Waals surface area contributed by atoms with Crippen molar-refractivity contribution in [1.82, 2.24) is 15.1 Å². The van der Waals surface area contributed by atoms with Gasteiger partial charge in [-0.15, -0.1) is 10.2 Å². The standard InChI is InChI=1S/C5H10N4/c1-3-5-4(2)7-9(6)8-5/h3,6H2,1-2H3. The topological polar surface area (TPSA) is 56.7 Å². The lowest BCUT2D eigenvalue weighted by Crippen LogP contribution is -2.11. The predicted octanol–water partition coefficient (Wildman–Crippen LogP) is -0.137. The van der Waals surface area contributed by atoms with Crippen LogP contribution in [0.5, 0.6) is 0 Å². The summed E-state index contributed by atoms with van der Waals surface area (Å²) in [7, 11) is 0. The predicted molar refractivity (Wildman–Crippen MR) is 34.3 cm³/mol. The summed E-state index contributed by atoms with van der Waals surface area (Å²) in [5.41, 5.74) is 1.89. The first-order chi connectivity index (χ1) is 4.24. The van der Waals surface area contributed by atoms with Crippen molar-refractivity contribution in [3.8, 4) is 0 Å². The highest BCUT2D eigenvalue weighted by molar-refractivity contribution is 5.05. The largest absolute Gasteiger partial charge is 0.306 e. The van der Waals surface area contributed by atoms with E-state index in [9.17, 15) is 0 Å². The van der Waals surface area contributed by atoms with Crippen LogP contribution in [0, 0.1) is 6.92 Å².